The first kappa shape index (κ1) is 27.4. The molecule has 4 nitrogen and oxygen atoms in total. The Kier molecular flexibility index (Phi) is 8.20. The molecule has 0 atom stereocenters. The van der Waals surface area contributed by atoms with Gasteiger partial charge in [0.15, 0.2) is 0 Å². The van der Waals surface area contributed by atoms with Crippen molar-refractivity contribution in [2.75, 3.05) is 0 Å². The van der Waals surface area contributed by atoms with Crippen LogP contribution in [-0.4, -0.2) is 15.0 Å². The zero-order valence-electron chi connectivity index (χ0n) is 22.4. The van der Waals surface area contributed by atoms with Crippen molar-refractivity contribution in [2.45, 2.75) is 41.5 Å². The van der Waals surface area contributed by atoms with Gasteiger partial charge in [0.2, 0.25) is 0 Å². The zero-order valence-corrected chi connectivity index (χ0v) is 24.8. The van der Waals surface area contributed by atoms with Crippen molar-refractivity contribution in [2.24, 2.45) is 0 Å². The third-order valence-corrected chi connectivity index (χ3v) is 6.69. The second kappa shape index (κ2) is 11.4. The van der Waals surface area contributed by atoms with Crippen LogP contribution in [0.1, 0.15) is 33.5 Å². The molecule has 0 saturated heterocycles. The van der Waals surface area contributed by atoms with Gasteiger partial charge in [0, 0.05) is 55.7 Å². The Morgan fingerprint density at radius 3 is 2.29 bits per heavy atom. The van der Waals surface area contributed by atoms with Crippen molar-refractivity contribution >= 4 is 21.9 Å². The van der Waals surface area contributed by atoms with Crippen LogP contribution in [0.3, 0.4) is 0 Å². The first-order valence-electron chi connectivity index (χ1n) is 12.4. The molecule has 0 bridgehead atoms. The van der Waals surface area contributed by atoms with Crippen molar-refractivity contribution in [1.29, 1.82) is 0 Å². The van der Waals surface area contributed by atoms with Crippen LogP contribution in [0, 0.1) is 53.7 Å². The van der Waals surface area contributed by atoms with E-state index in [1.165, 1.54) is 27.8 Å². The summed E-state index contributed by atoms with van der Waals surface area (Å²) in [6, 6.07) is 23.0. The standard InChI is InChI=1S/C18H13N2O.C15H16N.Ir/c1-11-5-7-19-16(9-11)15-10-13-6-8-21-18(13)17-14(15)4-3-12(2)20-17;1-10-5-6-14(7-11(10)2)15-8-12(3)13(4)9-16-15;/h3-9H,1-2H3;5,7-9H,1-4H3;/q2*-1;. The smallest absolute Gasteiger partial charge is 0.0847 e. The van der Waals surface area contributed by atoms with Crippen LogP contribution in [0.2, 0.25) is 0 Å². The maximum atomic E-state index is 5.59. The van der Waals surface area contributed by atoms with E-state index in [4.69, 9.17) is 4.42 Å². The molecule has 0 aliphatic rings. The first-order valence-corrected chi connectivity index (χ1v) is 12.4. The normalized spacial score (nSPS) is 10.7. The predicted molar refractivity (Wildman–Crippen MR) is 151 cm³/mol. The number of nitrogens with zero attached hydrogens (tertiary/aromatic N) is 3. The summed E-state index contributed by atoms with van der Waals surface area (Å²) in [6.07, 6.45) is 5.43. The Morgan fingerprint density at radius 2 is 1.55 bits per heavy atom. The molecule has 0 spiro atoms. The van der Waals surface area contributed by atoms with E-state index < -0.39 is 0 Å². The molecule has 1 radical (unpaired) electrons. The molecule has 38 heavy (non-hydrogen) atoms. The molecule has 4 aromatic heterocycles. The summed E-state index contributed by atoms with van der Waals surface area (Å²) in [5.74, 6) is 0. The Hall–Kier alpha value is -3.66. The second-order valence-electron chi connectivity index (χ2n) is 9.60. The minimum atomic E-state index is 0. The van der Waals surface area contributed by atoms with Crippen molar-refractivity contribution in [3.05, 3.63) is 113 Å². The van der Waals surface area contributed by atoms with Gasteiger partial charge in [-0.15, -0.1) is 41.0 Å². The number of furan rings is 1. The summed E-state index contributed by atoms with van der Waals surface area (Å²) in [7, 11) is 0. The van der Waals surface area contributed by atoms with Crippen LogP contribution in [-0.2, 0) is 20.1 Å². The predicted octanol–water partition coefficient (Wildman–Crippen LogP) is 8.24. The van der Waals surface area contributed by atoms with Crippen LogP contribution in [0.25, 0.3) is 44.4 Å². The van der Waals surface area contributed by atoms with Crippen LogP contribution >= 0.6 is 0 Å². The summed E-state index contributed by atoms with van der Waals surface area (Å²) in [6.45, 7) is 12.5. The number of pyridine rings is 3. The average Bonchev–Trinajstić information content (AvgIpc) is 3.36. The largest absolute Gasteiger partial charge is 0.506 e. The SMILES string of the molecule is Cc1c[c-]c(-c2cc(C)c(C)cn2)cc1C.Cc1ccnc(-c2[c-]c3ccoc3c3nc(C)ccc23)c1.[Ir]. The van der Waals surface area contributed by atoms with Gasteiger partial charge in [-0.25, -0.2) is 0 Å². The first-order chi connectivity index (χ1) is 17.8. The number of hydrogen-bond donors (Lipinski definition) is 0. The molecule has 0 aliphatic heterocycles. The average molecular weight is 676 g/mol. The number of aryl methyl sites for hydroxylation is 6. The third-order valence-electron chi connectivity index (χ3n) is 6.69. The molecular formula is C33H29IrN3O-2. The minimum absolute atomic E-state index is 0. The van der Waals surface area contributed by atoms with Gasteiger partial charge in [0.05, 0.1) is 5.58 Å². The number of fused-ring (bicyclic) bond motifs is 3. The molecule has 0 fully saturated rings. The van der Waals surface area contributed by atoms with E-state index in [-0.39, 0.29) is 20.1 Å². The van der Waals surface area contributed by atoms with Crippen molar-refractivity contribution < 1.29 is 24.5 Å². The quantitative estimate of drug-likeness (QED) is 0.174. The summed E-state index contributed by atoms with van der Waals surface area (Å²) in [5, 5.41) is 1.94. The molecular weight excluding hydrogens is 647 g/mol. The van der Waals surface area contributed by atoms with Crippen molar-refractivity contribution in [3.63, 3.8) is 0 Å². The number of hydrogen-bond acceptors (Lipinski definition) is 4. The van der Waals surface area contributed by atoms with Crippen LogP contribution in [0.4, 0.5) is 0 Å². The van der Waals surface area contributed by atoms with Crippen LogP contribution < -0.4 is 0 Å². The topological polar surface area (TPSA) is 51.8 Å². The van der Waals surface area contributed by atoms with Crippen molar-refractivity contribution in [1.82, 2.24) is 15.0 Å². The Labute approximate surface area is 237 Å². The zero-order chi connectivity index (χ0) is 26.1. The van der Waals surface area contributed by atoms with Gasteiger partial charge < -0.3 is 9.40 Å². The molecule has 4 heterocycles. The maximum Gasteiger partial charge on any atom is 0.0847 e. The third kappa shape index (κ3) is 5.60. The summed E-state index contributed by atoms with van der Waals surface area (Å²) in [4.78, 5) is 13.6. The van der Waals surface area contributed by atoms with E-state index in [2.05, 4.69) is 86.0 Å². The van der Waals surface area contributed by atoms with E-state index in [1.807, 2.05) is 43.6 Å². The van der Waals surface area contributed by atoms with Gasteiger partial charge in [0.25, 0.3) is 0 Å². The van der Waals surface area contributed by atoms with Gasteiger partial charge in [-0.05, 0) is 51.1 Å². The molecule has 0 aliphatic carbocycles. The van der Waals surface area contributed by atoms with E-state index in [0.29, 0.717) is 0 Å². The van der Waals surface area contributed by atoms with Crippen LogP contribution in [0.15, 0.2) is 71.6 Å². The van der Waals surface area contributed by atoms with E-state index in [1.54, 1.807) is 6.26 Å². The van der Waals surface area contributed by atoms with E-state index in [9.17, 15) is 0 Å². The number of benzene rings is 2. The Balaban J connectivity index is 0.000000179. The summed E-state index contributed by atoms with van der Waals surface area (Å²) < 4.78 is 5.59. The van der Waals surface area contributed by atoms with Gasteiger partial charge in [0.1, 0.15) is 0 Å². The number of aromatic nitrogens is 3. The molecule has 0 saturated carbocycles. The van der Waals surface area contributed by atoms with Gasteiger partial charge >= 0.3 is 0 Å². The summed E-state index contributed by atoms with van der Waals surface area (Å²) >= 11 is 0. The molecule has 0 N–H and O–H groups in total. The Morgan fingerprint density at radius 1 is 0.763 bits per heavy atom. The fraction of sp³-hybridized carbons (Fsp3) is 0.182. The fourth-order valence-corrected chi connectivity index (χ4v) is 4.19. The fourth-order valence-electron chi connectivity index (χ4n) is 4.19. The minimum Gasteiger partial charge on any atom is -0.506 e. The van der Waals surface area contributed by atoms with Gasteiger partial charge in [-0.3, -0.25) is 9.97 Å². The Bertz CT molecular complexity index is 1700. The molecule has 2 aromatic carbocycles. The van der Waals surface area contributed by atoms with Crippen molar-refractivity contribution in [3.8, 4) is 22.5 Å². The molecule has 6 rings (SSSR count). The monoisotopic (exact) mass is 676 g/mol. The maximum absolute atomic E-state index is 5.59. The van der Waals surface area contributed by atoms with Gasteiger partial charge in [-0.2, -0.15) is 0 Å². The summed E-state index contributed by atoms with van der Waals surface area (Å²) in [5.41, 5.74) is 12.8. The van der Waals surface area contributed by atoms with E-state index >= 15 is 0 Å². The second-order valence-corrected chi connectivity index (χ2v) is 9.60. The van der Waals surface area contributed by atoms with E-state index in [0.717, 1.165) is 50.1 Å². The molecule has 0 amide bonds. The molecule has 193 valence electrons. The molecule has 0 unspecified atom stereocenters. The van der Waals surface area contributed by atoms with Gasteiger partial charge in [-0.1, -0.05) is 65.6 Å². The molecule has 6 aromatic rings. The van der Waals surface area contributed by atoms with Crippen LogP contribution in [0.5, 0.6) is 0 Å². The molecule has 5 heteroatoms. The number of rotatable bonds is 2.